The van der Waals surface area contributed by atoms with Gasteiger partial charge in [-0.3, -0.25) is 0 Å². The highest BCUT2D eigenvalue weighted by Gasteiger charge is 2.24. The standard InChI is InChI=1S/C18H22.C12H15N.C5H11F.C2H4O.C2H6.CH5N/c1-4-14-11-16-6-5-7-17(16)13(3)18(14)10-12(2)15-8-9-15;1-8(2)10(4)11-6-5-9(3)7-12(11)13;1-4-5(2,3)6;1-2-3;2*1-2/h4,10-11,15H,1,5-9H2,2-3H3;5-7H,1,4,13H2,2-3H3;4H2,1-3H3;2H,1H3;1-2H3;2H2,1H3/b12-10+;;;;;. The van der Waals surface area contributed by atoms with Crippen molar-refractivity contribution in [3.63, 3.8) is 0 Å². The number of anilines is 1. The van der Waals surface area contributed by atoms with E-state index in [1.807, 2.05) is 58.9 Å². The molecule has 0 heterocycles. The SMILES string of the molecule is C=C(C)C(=C)c1ccc(C)cc1N.C=Cc1cc2c(c(C)c1/C=C(\C)C1CC1)CCC2.CC.CC=O.CCC(C)(C)F.CN. The van der Waals surface area contributed by atoms with E-state index in [0.29, 0.717) is 6.42 Å². The van der Waals surface area contributed by atoms with E-state index in [2.05, 4.69) is 51.5 Å². The van der Waals surface area contributed by atoms with Crippen LogP contribution in [0.25, 0.3) is 17.7 Å². The Labute approximate surface area is 270 Å². The van der Waals surface area contributed by atoms with Crippen LogP contribution >= 0.6 is 0 Å². The average molecular weight is 607 g/mol. The number of benzene rings is 2. The molecule has 2 aromatic rings. The van der Waals surface area contributed by atoms with Crippen molar-refractivity contribution in [2.45, 2.75) is 113 Å². The number of nitrogen functional groups attached to an aromatic ring is 1. The van der Waals surface area contributed by atoms with E-state index in [1.54, 1.807) is 30.5 Å². The van der Waals surface area contributed by atoms with Crippen LogP contribution in [0.1, 0.15) is 120 Å². The van der Waals surface area contributed by atoms with Crippen molar-refractivity contribution < 1.29 is 9.18 Å². The number of carbonyl (C=O) groups is 1. The molecule has 0 amide bonds. The maximum absolute atomic E-state index is 12.1. The van der Waals surface area contributed by atoms with Crippen LogP contribution in [0.3, 0.4) is 0 Å². The monoisotopic (exact) mass is 606 g/mol. The van der Waals surface area contributed by atoms with Gasteiger partial charge in [0.1, 0.15) is 12.0 Å². The van der Waals surface area contributed by atoms with Crippen LogP contribution in [0.15, 0.2) is 55.1 Å². The van der Waals surface area contributed by atoms with Gasteiger partial charge in [0, 0.05) is 11.3 Å². The lowest BCUT2D eigenvalue weighted by Gasteiger charge is -2.13. The molecule has 1 saturated carbocycles. The Morgan fingerprint density at radius 3 is 2.00 bits per heavy atom. The first-order chi connectivity index (χ1) is 20.7. The van der Waals surface area contributed by atoms with E-state index in [9.17, 15) is 4.39 Å². The summed E-state index contributed by atoms with van der Waals surface area (Å²) in [7, 11) is 1.50. The van der Waals surface area contributed by atoms with Gasteiger partial charge in [0.15, 0.2) is 0 Å². The summed E-state index contributed by atoms with van der Waals surface area (Å²) in [6.07, 6.45) is 12.4. The molecule has 0 radical (unpaired) electrons. The molecular formula is C40H63FN2O. The van der Waals surface area contributed by atoms with E-state index < -0.39 is 5.67 Å². The average Bonchev–Trinajstić information content (AvgIpc) is 3.74. The predicted molar refractivity (Wildman–Crippen MR) is 198 cm³/mol. The molecule has 0 atom stereocenters. The van der Waals surface area contributed by atoms with Crippen molar-refractivity contribution in [1.82, 2.24) is 0 Å². The van der Waals surface area contributed by atoms with Crippen molar-refractivity contribution in [2.75, 3.05) is 12.8 Å². The molecule has 246 valence electrons. The Bertz CT molecular complexity index is 1230. The fourth-order valence-electron chi connectivity index (χ4n) is 4.43. The number of aldehydes is 1. The minimum atomic E-state index is -0.958. The molecule has 4 rings (SSSR count). The number of rotatable bonds is 6. The van der Waals surface area contributed by atoms with Crippen molar-refractivity contribution >= 4 is 29.7 Å². The van der Waals surface area contributed by atoms with Crippen molar-refractivity contribution in [2.24, 2.45) is 11.7 Å². The number of carbonyl (C=O) groups excluding carboxylic acids is 1. The topological polar surface area (TPSA) is 69.1 Å². The lowest BCUT2D eigenvalue weighted by molar-refractivity contribution is -0.106. The van der Waals surface area contributed by atoms with Gasteiger partial charge in [-0.25, -0.2) is 4.39 Å². The van der Waals surface area contributed by atoms with Gasteiger partial charge in [-0.2, -0.15) is 0 Å². The van der Waals surface area contributed by atoms with Crippen molar-refractivity contribution in [1.29, 1.82) is 0 Å². The Hall–Kier alpha value is -3.24. The van der Waals surface area contributed by atoms with E-state index in [-0.39, 0.29) is 0 Å². The molecule has 0 spiro atoms. The number of alkyl halides is 1. The third-order valence-corrected chi connectivity index (χ3v) is 7.46. The lowest BCUT2D eigenvalue weighted by atomic mass is 9.92. The molecule has 0 aliphatic heterocycles. The van der Waals surface area contributed by atoms with Gasteiger partial charge >= 0.3 is 0 Å². The normalized spacial score (nSPS) is 12.8. The summed E-state index contributed by atoms with van der Waals surface area (Å²) in [6.45, 7) is 30.7. The summed E-state index contributed by atoms with van der Waals surface area (Å²) >= 11 is 0. The first-order valence-corrected chi connectivity index (χ1v) is 16.0. The number of hydrogen-bond donors (Lipinski definition) is 2. The molecule has 1 fully saturated rings. The number of nitrogens with two attached hydrogens (primary N) is 2. The first kappa shape index (κ1) is 42.9. The van der Waals surface area contributed by atoms with Gasteiger partial charge < -0.3 is 16.3 Å². The van der Waals surface area contributed by atoms with E-state index in [4.69, 9.17) is 10.5 Å². The molecule has 2 aromatic carbocycles. The Balaban J connectivity index is 0. The Kier molecular flexibility index (Phi) is 21.7. The summed E-state index contributed by atoms with van der Waals surface area (Å²) in [6, 6.07) is 8.33. The zero-order valence-electron chi connectivity index (χ0n) is 29.9. The molecular weight excluding hydrogens is 543 g/mol. The number of allylic oxidation sites excluding steroid dienone is 3. The highest BCUT2D eigenvalue weighted by molar-refractivity contribution is 5.82. The van der Waals surface area contributed by atoms with Crippen LogP contribution in [-0.4, -0.2) is 19.0 Å². The Morgan fingerprint density at radius 1 is 1.07 bits per heavy atom. The maximum atomic E-state index is 12.1. The quantitative estimate of drug-likeness (QED) is 0.195. The van der Waals surface area contributed by atoms with E-state index in [1.165, 1.54) is 62.8 Å². The van der Waals surface area contributed by atoms with Crippen molar-refractivity contribution in [3.8, 4) is 0 Å². The molecule has 3 nitrogen and oxygen atoms in total. The van der Waals surface area contributed by atoms with Crippen LogP contribution in [0.5, 0.6) is 0 Å². The van der Waals surface area contributed by atoms with Gasteiger partial charge in [-0.05, 0) is 145 Å². The third-order valence-electron chi connectivity index (χ3n) is 7.46. The molecule has 2 aliphatic rings. The summed E-state index contributed by atoms with van der Waals surface area (Å²) in [4.78, 5) is 8.81. The number of hydrogen-bond acceptors (Lipinski definition) is 3. The highest BCUT2D eigenvalue weighted by atomic mass is 19.1. The molecule has 2 aliphatic carbocycles. The number of aryl methyl sites for hydroxylation is 2. The summed E-state index contributed by atoms with van der Waals surface area (Å²) in [5.74, 6) is 0.857. The molecule has 4 N–H and O–H groups in total. The minimum absolute atomic E-state index is 0.604. The zero-order valence-corrected chi connectivity index (χ0v) is 29.9. The zero-order chi connectivity index (χ0) is 34.6. The molecule has 4 heteroatoms. The fraction of sp³-hybridized carbons (Fsp3) is 0.475. The molecule has 0 bridgehead atoms. The second-order valence-corrected chi connectivity index (χ2v) is 11.5. The molecule has 0 aromatic heterocycles. The molecule has 0 saturated heterocycles. The predicted octanol–water partition coefficient (Wildman–Crippen LogP) is 11.1. The maximum Gasteiger partial charge on any atom is 0.116 e. The van der Waals surface area contributed by atoms with E-state index >= 15 is 0 Å². The fourth-order valence-corrected chi connectivity index (χ4v) is 4.43. The van der Waals surface area contributed by atoms with Crippen LogP contribution in [0, 0.1) is 19.8 Å². The van der Waals surface area contributed by atoms with Gasteiger partial charge in [-0.15, -0.1) is 0 Å². The van der Waals surface area contributed by atoms with Crippen LogP contribution in [0.2, 0.25) is 0 Å². The minimum Gasteiger partial charge on any atom is -0.398 e. The van der Waals surface area contributed by atoms with Crippen LogP contribution in [-0.2, 0) is 17.6 Å². The smallest absolute Gasteiger partial charge is 0.116 e. The second kappa shape index (κ2) is 22.3. The molecule has 44 heavy (non-hydrogen) atoms. The van der Waals surface area contributed by atoms with Crippen LogP contribution < -0.4 is 11.5 Å². The van der Waals surface area contributed by atoms with Crippen molar-refractivity contribution in [3.05, 3.63) is 94.1 Å². The van der Waals surface area contributed by atoms with Gasteiger partial charge in [0.2, 0.25) is 0 Å². The second-order valence-electron chi connectivity index (χ2n) is 11.5. The third kappa shape index (κ3) is 15.5. The summed E-state index contributed by atoms with van der Waals surface area (Å²) in [5.41, 5.74) is 23.2. The Morgan fingerprint density at radius 2 is 1.59 bits per heavy atom. The summed E-state index contributed by atoms with van der Waals surface area (Å²) in [5, 5.41) is 0. The van der Waals surface area contributed by atoms with E-state index in [0.717, 1.165) is 40.2 Å². The first-order valence-electron chi connectivity index (χ1n) is 16.0. The van der Waals surface area contributed by atoms with Gasteiger partial charge in [0.25, 0.3) is 0 Å². The largest absolute Gasteiger partial charge is 0.398 e. The van der Waals surface area contributed by atoms with Crippen LogP contribution in [0.4, 0.5) is 10.1 Å². The number of fused-ring (bicyclic) bond motifs is 1. The highest BCUT2D eigenvalue weighted by Crippen LogP contribution is 2.39. The van der Waals surface area contributed by atoms with Gasteiger partial charge in [-0.1, -0.05) is 82.0 Å². The summed E-state index contributed by atoms with van der Waals surface area (Å²) < 4.78 is 12.1. The molecule has 0 unspecified atom stereocenters. The number of halogens is 1. The lowest BCUT2D eigenvalue weighted by Crippen LogP contribution is -2.07. The van der Waals surface area contributed by atoms with Gasteiger partial charge in [0.05, 0.1) is 0 Å².